The first kappa shape index (κ1) is 20.8. The molecule has 2 aromatic rings. The number of hydrogen-bond acceptors (Lipinski definition) is 4. The van der Waals surface area contributed by atoms with Crippen LogP contribution in [0.25, 0.3) is 0 Å². The van der Waals surface area contributed by atoms with Gasteiger partial charge >= 0.3 is 0 Å². The number of rotatable bonds is 8. The third-order valence-corrected chi connectivity index (χ3v) is 5.63. The van der Waals surface area contributed by atoms with Gasteiger partial charge in [-0.05, 0) is 43.7 Å². The van der Waals surface area contributed by atoms with Crippen molar-refractivity contribution >= 4 is 27.4 Å². The molecule has 0 radical (unpaired) electrons. The number of Topliss-reactive ketones (excluding diaryl/α,β-unsaturated/α-hetero) is 1. The number of ketones is 1. The average Bonchev–Trinajstić information content (AvgIpc) is 2.63. The summed E-state index contributed by atoms with van der Waals surface area (Å²) in [6, 6.07) is 12.4. The summed E-state index contributed by atoms with van der Waals surface area (Å²) in [4.78, 5) is 23.9. The summed E-state index contributed by atoms with van der Waals surface area (Å²) < 4.78 is 27.1. The van der Waals surface area contributed by atoms with Crippen molar-refractivity contribution in [2.75, 3.05) is 5.32 Å². The van der Waals surface area contributed by atoms with Crippen LogP contribution in [0.5, 0.6) is 0 Å². The summed E-state index contributed by atoms with van der Waals surface area (Å²) >= 11 is 0. The van der Waals surface area contributed by atoms with E-state index in [-0.39, 0.29) is 10.7 Å². The fourth-order valence-electron chi connectivity index (χ4n) is 2.38. The lowest BCUT2D eigenvalue weighted by atomic mass is 10.1. The van der Waals surface area contributed by atoms with Gasteiger partial charge in [-0.1, -0.05) is 36.8 Å². The number of sulfonamides is 1. The fourth-order valence-corrected chi connectivity index (χ4v) is 3.58. The molecule has 6 nitrogen and oxygen atoms in total. The van der Waals surface area contributed by atoms with Gasteiger partial charge in [0, 0.05) is 18.5 Å². The standard InChI is InChI=1S/C20H24N2O4S/c1-4-18(23)13-16-7-9-17(10-8-16)21-20(24)15(3)22-27(25,26)19-11-5-14(2)6-12-19/h5-12,15,22H,4,13H2,1-3H3,(H,21,24). The molecule has 0 fully saturated rings. The first-order chi connectivity index (χ1) is 12.7. The van der Waals surface area contributed by atoms with E-state index in [9.17, 15) is 18.0 Å². The number of carbonyl (C=O) groups is 2. The highest BCUT2D eigenvalue weighted by molar-refractivity contribution is 7.89. The fraction of sp³-hybridized carbons (Fsp3) is 0.300. The molecule has 0 aliphatic carbocycles. The van der Waals surface area contributed by atoms with E-state index in [1.165, 1.54) is 19.1 Å². The van der Waals surface area contributed by atoms with E-state index < -0.39 is 22.0 Å². The van der Waals surface area contributed by atoms with Crippen LogP contribution in [-0.2, 0) is 26.0 Å². The molecule has 0 saturated heterocycles. The van der Waals surface area contributed by atoms with Crippen LogP contribution < -0.4 is 10.0 Å². The van der Waals surface area contributed by atoms with E-state index in [0.717, 1.165) is 11.1 Å². The number of benzene rings is 2. The van der Waals surface area contributed by atoms with E-state index in [1.54, 1.807) is 36.4 Å². The highest BCUT2D eigenvalue weighted by Gasteiger charge is 2.22. The van der Waals surface area contributed by atoms with Crippen LogP contribution in [0.1, 0.15) is 31.4 Å². The number of amides is 1. The van der Waals surface area contributed by atoms with E-state index in [1.807, 2.05) is 13.8 Å². The van der Waals surface area contributed by atoms with Gasteiger partial charge in [-0.15, -0.1) is 0 Å². The van der Waals surface area contributed by atoms with E-state index in [4.69, 9.17) is 0 Å². The molecule has 0 aliphatic heterocycles. The van der Waals surface area contributed by atoms with Crippen LogP contribution in [0, 0.1) is 6.92 Å². The van der Waals surface area contributed by atoms with Gasteiger partial charge in [0.2, 0.25) is 15.9 Å². The van der Waals surface area contributed by atoms with Crippen LogP contribution in [0.3, 0.4) is 0 Å². The Labute approximate surface area is 160 Å². The molecule has 1 unspecified atom stereocenters. The number of aryl methyl sites for hydroxylation is 1. The van der Waals surface area contributed by atoms with E-state index in [2.05, 4.69) is 10.0 Å². The van der Waals surface area contributed by atoms with Gasteiger partial charge in [-0.2, -0.15) is 4.72 Å². The van der Waals surface area contributed by atoms with Gasteiger partial charge < -0.3 is 5.32 Å². The van der Waals surface area contributed by atoms with Gasteiger partial charge in [0.25, 0.3) is 0 Å². The molecule has 27 heavy (non-hydrogen) atoms. The molecule has 0 saturated carbocycles. The van der Waals surface area contributed by atoms with Gasteiger partial charge in [0.15, 0.2) is 0 Å². The third-order valence-electron chi connectivity index (χ3n) is 4.07. The molecular weight excluding hydrogens is 364 g/mol. The van der Waals surface area contributed by atoms with Crippen molar-refractivity contribution in [3.05, 3.63) is 59.7 Å². The van der Waals surface area contributed by atoms with Crippen molar-refractivity contribution in [2.45, 2.75) is 44.6 Å². The lowest BCUT2D eigenvalue weighted by Crippen LogP contribution is -2.41. The topological polar surface area (TPSA) is 92.3 Å². The molecule has 2 N–H and O–H groups in total. The minimum absolute atomic E-state index is 0.109. The zero-order valence-corrected chi connectivity index (χ0v) is 16.5. The Morgan fingerprint density at radius 3 is 2.15 bits per heavy atom. The van der Waals surface area contributed by atoms with Crippen LogP contribution >= 0.6 is 0 Å². The smallest absolute Gasteiger partial charge is 0.242 e. The Bertz CT molecular complexity index is 904. The second-order valence-corrected chi connectivity index (χ2v) is 8.13. The summed E-state index contributed by atoms with van der Waals surface area (Å²) in [6.07, 6.45) is 0.842. The second kappa shape index (κ2) is 8.92. The molecule has 2 rings (SSSR count). The first-order valence-corrected chi connectivity index (χ1v) is 10.2. The van der Waals surface area contributed by atoms with E-state index in [0.29, 0.717) is 18.5 Å². The summed E-state index contributed by atoms with van der Waals surface area (Å²) in [5.41, 5.74) is 2.35. The zero-order chi connectivity index (χ0) is 20.0. The molecule has 2 aromatic carbocycles. The molecule has 144 valence electrons. The number of nitrogens with one attached hydrogen (secondary N) is 2. The third kappa shape index (κ3) is 6.01. The van der Waals surface area contributed by atoms with Crippen molar-refractivity contribution in [2.24, 2.45) is 0 Å². The quantitative estimate of drug-likeness (QED) is 0.727. The van der Waals surface area contributed by atoms with Crippen LogP contribution in [-0.4, -0.2) is 26.2 Å². The molecule has 0 spiro atoms. The predicted molar refractivity (Wildman–Crippen MR) is 105 cm³/mol. The van der Waals surface area contributed by atoms with Gasteiger partial charge in [-0.3, -0.25) is 9.59 Å². The summed E-state index contributed by atoms with van der Waals surface area (Å²) in [5, 5.41) is 2.67. The maximum atomic E-state index is 12.4. The maximum absolute atomic E-state index is 12.4. The minimum atomic E-state index is -3.79. The van der Waals surface area contributed by atoms with E-state index >= 15 is 0 Å². The zero-order valence-electron chi connectivity index (χ0n) is 15.7. The molecule has 0 aliphatic rings. The maximum Gasteiger partial charge on any atom is 0.242 e. The van der Waals surface area contributed by atoms with Crippen molar-refractivity contribution < 1.29 is 18.0 Å². The molecule has 1 amide bonds. The monoisotopic (exact) mass is 388 g/mol. The van der Waals surface area contributed by atoms with Crippen LogP contribution in [0.4, 0.5) is 5.69 Å². The average molecular weight is 388 g/mol. The van der Waals surface area contributed by atoms with Crippen molar-refractivity contribution in [1.82, 2.24) is 4.72 Å². The number of carbonyl (C=O) groups excluding carboxylic acids is 2. The summed E-state index contributed by atoms with van der Waals surface area (Å²) in [5.74, 6) is -0.325. The predicted octanol–water partition coefficient (Wildman–Crippen LogP) is 2.82. The SMILES string of the molecule is CCC(=O)Cc1ccc(NC(=O)C(C)NS(=O)(=O)c2ccc(C)cc2)cc1. The Morgan fingerprint density at radius 1 is 1.00 bits per heavy atom. The van der Waals surface area contributed by atoms with Crippen LogP contribution in [0.15, 0.2) is 53.4 Å². The molecule has 7 heteroatoms. The first-order valence-electron chi connectivity index (χ1n) is 8.72. The molecular formula is C20H24N2O4S. The molecule has 0 bridgehead atoms. The van der Waals surface area contributed by atoms with Gasteiger partial charge in [0.05, 0.1) is 10.9 Å². The molecule has 1 atom stereocenters. The van der Waals surface area contributed by atoms with Crippen molar-refractivity contribution in [1.29, 1.82) is 0 Å². The Kier molecular flexibility index (Phi) is 6.87. The number of anilines is 1. The Morgan fingerprint density at radius 2 is 1.59 bits per heavy atom. The van der Waals surface area contributed by atoms with Crippen molar-refractivity contribution in [3.8, 4) is 0 Å². The van der Waals surface area contributed by atoms with Gasteiger partial charge in [-0.25, -0.2) is 8.42 Å². The Balaban J connectivity index is 1.98. The number of hydrogen-bond donors (Lipinski definition) is 2. The largest absolute Gasteiger partial charge is 0.325 e. The van der Waals surface area contributed by atoms with Crippen LogP contribution in [0.2, 0.25) is 0 Å². The highest BCUT2D eigenvalue weighted by Crippen LogP contribution is 2.13. The molecule has 0 aromatic heterocycles. The Hall–Kier alpha value is -2.51. The highest BCUT2D eigenvalue weighted by atomic mass is 32.2. The van der Waals surface area contributed by atoms with Crippen molar-refractivity contribution in [3.63, 3.8) is 0 Å². The second-order valence-electron chi connectivity index (χ2n) is 6.41. The lowest BCUT2D eigenvalue weighted by molar-refractivity contribution is -0.118. The normalized spacial score (nSPS) is 12.4. The minimum Gasteiger partial charge on any atom is -0.325 e. The lowest BCUT2D eigenvalue weighted by Gasteiger charge is -2.15. The van der Waals surface area contributed by atoms with Gasteiger partial charge in [0.1, 0.15) is 5.78 Å². The summed E-state index contributed by atoms with van der Waals surface area (Å²) in [6.45, 7) is 5.16. The summed E-state index contributed by atoms with van der Waals surface area (Å²) in [7, 11) is -3.79. The molecule has 0 heterocycles.